The van der Waals surface area contributed by atoms with Crippen LogP contribution in [-0.2, 0) is 0 Å². The third-order valence-electron chi connectivity index (χ3n) is 3.76. The number of nitrogens with zero attached hydrogens (tertiary/aromatic N) is 2. The van der Waals surface area contributed by atoms with E-state index in [9.17, 15) is 4.39 Å². The number of hydrogen-bond donors (Lipinski definition) is 0. The second-order valence-electron chi connectivity index (χ2n) is 6.16. The predicted octanol–water partition coefficient (Wildman–Crippen LogP) is 4.63. The molecule has 0 bridgehead atoms. The SMILES string of the molecule is C[C@@H](CN(C)C)CN1c2ccccc2Sc2ccc([18F])cc21. The first kappa shape index (κ1) is 15.4. The number of rotatable bonds is 4. The highest BCUT2D eigenvalue weighted by molar-refractivity contribution is 7.99. The molecule has 4 heteroatoms. The van der Waals surface area contributed by atoms with Gasteiger partial charge in [-0.15, -0.1) is 0 Å². The number of benzene rings is 2. The average Bonchev–Trinajstić information content (AvgIpc) is 2.47. The molecule has 1 heterocycles. The maximum Gasteiger partial charge on any atom is 0.125 e. The summed E-state index contributed by atoms with van der Waals surface area (Å²) >= 11 is 1.72. The van der Waals surface area contributed by atoms with Gasteiger partial charge in [-0.2, -0.15) is 0 Å². The topological polar surface area (TPSA) is 6.48 Å². The summed E-state index contributed by atoms with van der Waals surface area (Å²) in [6, 6.07) is 13.4. The van der Waals surface area contributed by atoms with E-state index < -0.39 is 0 Å². The molecule has 0 saturated carbocycles. The van der Waals surface area contributed by atoms with E-state index in [4.69, 9.17) is 0 Å². The lowest BCUT2D eigenvalue weighted by atomic mass is 10.1. The molecule has 0 spiro atoms. The van der Waals surface area contributed by atoms with E-state index in [-0.39, 0.29) is 5.82 Å². The highest BCUT2D eigenvalue weighted by Crippen LogP contribution is 2.48. The number of para-hydroxylation sites is 1. The van der Waals surface area contributed by atoms with Gasteiger partial charge in [-0.1, -0.05) is 30.8 Å². The van der Waals surface area contributed by atoms with Gasteiger partial charge in [-0.05, 0) is 50.3 Å². The first-order chi connectivity index (χ1) is 10.5. The molecule has 1 atom stereocenters. The van der Waals surface area contributed by atoms with Crippen molar-refractivity contribution in [2.75, 3.05) is 32.1 Å². The van der Waals surface area contributed by atoms with Crippen molar-refractivity contribution < 1.29 is 4.39 Å². The number of fused-ring (bicyclic) bond motifs is 2. The van der Waals surface area contributed by atoms with Gasteiger partial charge in [0.05, 0.1) is 11.4 Å². The molecule has 0 saturated heterocycles. The van der Waals surface area contributed by atoms with Gasteiger partial charge in [-0.3, -0.25) is 0 Å². The fraction of sp³-hybridized carbons (Fsp3) is 0.333. The summed E-state index contributed by atoms with van der Waals surface area (Å²) in [4.78, 5) is 6.82. The molecule has 0 N–H and O–H groups in total. The molecule has 2 aromatic carbocycles. The Morgan fingerprint density at radius 1 is 1.09 bits per heavy atom. The zero-order valence-electron chi connectivity index (χ0n) is 13.2. The minimum atomic E-state index is -0.177. The fourth-order valence-electron chi connectivity index (χ4n) is 2.99. The molecule has 1 aliphatic heterocycles. The van der Waals surface area contributed by atoms with Crippen molar-refractivity contribution in [3.05, 3.63) is 48.3 Å². The van der Waals surface area contributed by atoms with E-state index in [2.05, 4.69) is 49.0 Å². The van der Waals surface area contributed by atoms with Crippen LogP contribution in [0.2, 0.25) is 0 Å². The minimum absolute atomic E-state index is 0.177. The third kappa shape index (κ3) is 3.13. The first-order valence-corrected chi connectivity index (χ1v) is 8.35. The summed E-state index contributed by atoms with van der Waals surface area (Å²) < 4.78 is 13.7. The Hall–Kier alpha value is -1.52. The molecule has 2 nitrogen and oxygen atoms in total. The normalized spacial score (nSPS) is 14.7. The summed E-state index contributed by atoms with van der Waals surface area (Å²) in [6.07, 6.45) is 0. The van der Waals surface area contributed by atoms with Crippen molar-refractivity contribution in [2.45, 2.75) is 16.7 Å². The van der Waals surface area contributed by atoms with Gasteiger partial charge in [0.25, 0.3) is 0 Å². The lowest BCUT2D eigenvalue weighted by molar-refractivity contribution is 0.342. The van der Waals surface area contributed by atoms with Gasteiger partial charge in [0.15, 0.2) is 0 Å². The lowest BCUT2D eigenvalue weighted by Gasteiger charge is -2.35. The van der Waals surface area contributed by atoms with Gasteiger partial charge in [0.2, 0.25) is 0 Å². The third-order valence-corrected chi connectivity index (χ3v) is 4.89. The van der Waals surface area contributed by atoms with E-state index in [0.29, 0.717) is 5.92 Å². The van der Waals surface area contributed by atoms with Gasteiger partial charge >= 0.3 is 0 Å². The van der Waals surface area contributed by atoms with E-state index in [1.54, 1.807) is 23.9 Å². The van der Waals surface area contributed by atoms with Gasteiger partial charge in [-0.25, -0.2) is 4.39 Å². The molecule has 0 fully saturated rings. The molecule has 0 amide bonds. The van der Waals surface area contributed by atoms with Crippen LogP contribution in [0.1, 0.15) is 6.92 Å². The van der Waals surface area contributed by atoms with Crippen LogP contribution in [-0.4, -0.2) is 32.1 Å². The Bertz CT molecular complexity index is 672. The van der Waals surface area contributed by atoms with E-state index in [0.717, 1.165) is 23.7 Å². The van der Waals surface area contributed by atoms with Crippen LogP contribution < -0.4 is 4.90 Å². The first-order valence-electron chi connectivity index (χ1n) is 7.53. The Morgan fingerprint density at radius 3 is 2.59 bits per heavy atom. The van der Waals surface area contributed by atoms with Crippen LogP contribution >= 0.6 is 11.8 Å². The molecule has 0 aromatic heterocycles. The number of hydrogen-bond acceptors (Lipinski definition) is 3. The van der Waals surface area contributed by atoms with E-state index in [1.807, 2.05) is 12.1 Å². The smallest absolute Gasteiger partial charge is 0.125 e. The lowest BCUT2D eigenvalue weighted by Crippen LogP contribution is -2.31. The van der Waals surface area contributed by atoms with Gasteiger partial charge in [0.1, 0.15) is 5.82 Å². The number of halogens is 1. The van der Waals surface area contributed by atoms with Crippen LogP contribution in [0.5, 0.6) is 0 Å². The maximum atomic E-state index is 13.7. The summed E-state index contributed by atoms with van der Waals surface area (Å²) in [6.45, 7) is 4.13. The Labute approximate surface area is 135 Å². The summed E-state index contributed by atoms with van der Waals surface area (Å²) in [5, 5.41) is 0. The van der Waals surface area contributed by atoms with Crippen LogP contribution in [0.25, 0.3) is 0 Å². The minimum Gasteiger partial charge on any atom is -0.339 e. The molecular formula is C18H21FN2S. The molecule has 22 heavy (non-hydrogen) atoms. The highest BCUT2D eigenvalue weighted by atomic mass is 32.2. The van der Waals surface area contributed by atoms with Crippen molar-refractivity contribution in [3.63, 3.8) is 0 Å². The van der Waals surface area contributed by atoms with Crippen molar-refractivity contribution in [1.29, 1.82) is 0 Å². The molecule has 116 valence electrons. The van der Waals surface area contributed by atoms with Crippen molar-refractivity contribution in [2.24, 2.45) is 5.92 Å². The molecule has 3 rings (SSSR count). The maximum absolute atomic E-state index is 13.7. The van der Waals surface area contributed by atoms with E-state index >= 15 is 0 Å². The Balaban J connectivity index is 1.98. The zero-order chi connectivity index (χ0) is 15.7. The molecule has 0 radical (unpaired) electrons. The zero-order valence-corrected chi connectivity index (χ0v) is 14.0. The second-order valence-corrected chi connectivity index (χ2v) is 7.24. The average molecular weight is 315 g/mol. The van der Waals surface area contributed by atoms with Crippen molar-refractivity contribution >= 4 is 23.1 Å². The van der Waals surface area contributed by atoms with Gasteiger partial charge in [0, 0.05) is 22.9 Å². The van der Waals surface area contributed by atoms with Crippen molar-refractivity contribution in [3.8, 4) is 0 Å². The molecule has 1 aliphatic rings. The highest BCUT2D eigenvalue weighted by Gasteiger charge is 2.24. The second kappa shape index (κ2) is 6.31. The predicted molar refractivity (Wildman–Crippen MR) is 91.7 cm³/mol. The van der Waals surface area contributed by atoms with Crippen LogP contribution in [0.3, 0.4) is 0 Å². The van der Waals surface area contributed by atoms with Crippen molar-refractivity contribution in [1.82, 2.24) is 4.90 Å². The fourth-order valence-corrected chi connectivity index (χ4v) is 4.07. The van der Waals surface area contributed by atoms with Crippen LogP contribution in [0.15, 0.2) is 52.3 Å². The van der Waals surface area contributed by atoms with Crippen LogP contribution in [0, 0.1) is 11.7 Å². The largest absolute Gasteiger partial charge is 0.339 e. The standard InChI is InChI=1S/C18H21FN2S/c1-13(11-20(2)3)12-21-15-6-4-5-7-17(15)22-18-9-8-14(19)10-16(18)21/h4-10,13H,11-12H2,1-3H3/t13-/m0/s1/i19-1. The molecule has 2 aromatic rings. The van der Waals surface area contributed by atoms with Gasteiger partial charge < -0.3 is 9.80 Å². The summed E-state index contributed by atoms with van der Waals surface area (Å²) in [5.41, 5.74) is 2.16. The van der Waals surface area contributed by atoms with E-state index in [1.165, 1.54) is 10.6 Å². The summed E-state index contributed by atoms with van der Waals surface area (Å²) in [5.74, 6) is 0.311. The Morgan fingerprint density at radius 2 is 1.82 bits per heavy atom. The summed E-state index contributed by atoms with van der Waals surface area (Å²) in [7, 11) is 4.17. The molecule has 0 unspecified atom stereocenters. The quantitative estimate of drug-likeness (QED) is 0.812. The Kier molecular flexibility index (Phi) is 4.41. The van der Waals surface area contributed by atoms with Crippen LogP contribution in [0.4, 0.5) is 15.8 Å². The molecule has 0 aliphatic carbocycles. The monoisotopic (exact) mass is 315 g/mol. The molecular weight excluding hydrogens is 294 g/mol. The number of anilines is 2.